The highest BCUT2D eigenvalue weighted by Crippen LogP contribution is 2.29. The van der Waals surface area contributed by atoms with Crippen molar-refractivity contribution in [3.63, 3.8) is 0 Å². The van der Waals surface area contributed by atoms with Crippen molar-refractivity contribution in [3.05, 3.63) is 0 Å². The van der Waals surface area contributed by atoms with Crippen molar-refractivity contribution >= 4 is 11.8 Å². The highest BCUT2D eigenvalue weighted by atomic mass is 16.2. The van der Waals surface area contributed by atoms with Crippen LogP contribution in [0.5, 0.6) is 0 Å². The van der Waals surface area contributed by atoms with E-state index in [1.807, 2.05) is 4.90 Å². The van der Waals surface area contributed by atoms with E-state index in [0.29, 0.717) is 13.1 Å². The average molecular weight is 281 g/mol. The molecule has 2 fully saturated rings. The lowest BCUT2D eigenvalue weighted by Crippen LogP contribution is -2.51. The molecule has 2 amide bonds. The van der Waals surface area contributed by atoms with Gasteiger partial charge in [-0.05, 0) is 32.1 Å². The van der Waals surface area contributed by atoms with Crippen LogP contribution < -0.4 is 11.1 Å². The molecule has 1 saturated heterocycles. The highest BCUT2D eigenvalue weighted by Gasteiger charge is 2.32. The first-order valence-corrected chi connectivity index (χ1v) is 7.96. The molecule has 0 spiro atoms. The summed E-state index contributed by atoms with van der Waals surface area (Å²) in [4.78, 5) is 25.7. The molecule has 1 unspecified atom stereocenters. The van der Waals surface area contributed by atoms with Crippen molar-refractivity contribution in [2.45, 2.75) is 64.0 Å². The number of nitrogens with zero attached hydrogens (tertiary/aromatic N) is 1. The Balaban J connectivity index is 1.70. The average Bonchev–Trinajstić information content (AvgIpc) is 3.29. The number of rotatable bonds is 6. The van der Waals surface area contributed by atoms with Crippen molar-refractivity contribution < 1.29 is 9.59 Å². The summed E-state index contributed by atoms with van der Waals surface area (Å²) < 4.78 is 0. The molecule has 0 aromatic heterocycles. The number of piperidine rings is 1. The molecule has 0 bridgehead atoms. The van der Waals surface area contributed by atoms with Crippen LogP contribution in [0.4, 0.5) is 0 Å². The van der Waals surface area contributed by atoms with Gasteiger partial charge < -0.3 is 16.0 Å². The second-order valence-corrected chi connectivity index (χ2v) is 6.13. The van der Waals surface area contributed by atoms with Crippen molar-refractivity contribution in [1.82, 2.24) is 10.2 Å². The number of hydrogen-bond donors (Lipinski definition) is 2. The maximum absolute atomic E-state index is 12.2. The quantitative estimate of drug-likeness (QED) is 0.763. The van der Waals surface area contributed by atoms with Gasteiger partial charge in [0.2, 0.25) is 11.8 Å². The molecule has 1 saturated carbocycles. The van der Waals surface area contributed by atoms with Crippen LogP contribution in [0, 0.1) is 5.92 Å². The number of nitrogens with one attached hydrogen (secondary N) is 1. The fourth-order valence-electron chi connectivity index (χ4n) is 2.69. The van der Waals surface area contributed by atoms with Crippen molar-refractivity contribution in [2.24, 2.45) is 11.7 Å². The minimum Gasteiger partial charge on any atom is -0.353 e. The van der Waals surface area contributed by atoms with Gasteiger partial charge in [-0.2, -0.15) is 0 Å². The van der Waals surface area contributed by atoms with Gasteiger partial charge in [-0.25, -0.2) is 0 Å². The number of carbonyl (C=O) groups excluding carboxylic acids is 2. The smallest absolute Gasteiger partial charge is 0.239 e. The van der Waals surface area contributed by atoms with Gasteiger partial charge in [0.05, 0.1) is 6.04 Å². The van der Waals surface area contributed by atoms with Crippen LogP contribution >= 0.6 is 0 Å². The summed E-state index contributed by atoms with van der Waals surface area (Å²) in [5, 5.41) is 3.10. The van der Waals surface area contributed by atoms with E-state index in [4.69, 9.17) is 5.73 Å². The van der Waals surface area contributed by atoms with Gasteiger partial charge in [0, 0.05) is 25.0 Å². The minimum atomic E-state index is -0.354. The number of hydrogen-bond acceptors (Lipinski definition) is 3. The van der Waals surface area contributed by atoms with Crippen LogP contribution in [-0.4, -0.2) is 41.9 Å². The molecule has 5 heteroatoms. The number of nitrogens with two attached hydrogens (primary N) is 1. The van der Waals surface area contributed by atoms with Crippen LogP contribution in [-0.2, 0) is 9.59 Å². The SMILES string of the molecule is CCCCC(N)C(=O)N1CCC(NC(=O)C2CC2)CC1. The maximum Gasteiger partial charge on any atom is 0.239 e. The van der Waals surface area contributed by atoms with Gasteiger partial charge in [-0.15, -0.1) is 0 Å². The Bertz CT molecular complexity index is 347. The van der Waals surface area contributed by atoms with Crippen LogP contribution in [0.3, 0.4) is 0 Å². The third kappa shape index (κ3) is 4.20. The third-order valence-corrected chi connectivity index (χ3v) is 4.29. The Kier molecular flexibility index (Phi) is 5.40. The zero-order chi connectivity index (χ0) is 14.5. The molecular formula is C15H27N3O2. The predicted octanol–water partition coefficient (Wildman–Crippen LogP) is 1.02. The molecule has 2 aliphatic rings. The molecule has 3 N–H and O–H groups in total. The molecule has 114 valence electrons. The monoisotopic (exact) mass is 281 g/mol. The molecule has 0 aromatic carbocycles. The summed E-state index contributed by atoms with van der Waals surface area (Å²) in [5.74, 6) is 0.539. The van der Waals surface area contributed by atoms with Crippen LogP contribution in [0.1, 0.15) is 51.9 Å². The van der Waals surface area contributed by atoms with Crippen LogP contribution in [0.25, 0.3) is 0 Å². The molecule has 20 heavy (non-hydrogen) atoms. The molecule has 1 atom stereocenters. The first kappa shape index (κ1) is 15.3. The lowest BCUT2D eigenvalue weighted by atomic mass is 10.0. The number of amides is 2. The lowest BCUT2D eigenvalue weighted by molar-refractivity contribution is -0.134. The van der Waals surface area contributed by atoms with E-state index < -0.39 is 0 Å². The van der Waals surface area contributed by atoms with E-state index in [1.165, 1.54) is 0 Å². The first-order valence-electron chi connectivity index (χ1n) is 7.96. The van der Waals surface area contributed by atoms with Gasteiger partial charge in [-0.1, -0.05) is 19.8 Å². The molecule has 2 rings (SSSR count). The van der Waals surface area contributed by atoms with E-state index in [2.05, 4.69) is 12.2 Å². The topological polar surface area (TPSA) is 75.4 Å². The number of likely N-dealkylation sites (tertiary alicyclic amines) is 1. The summed E-state index contributed by atoms with van der Waals surface area (Å²) in [6.07, 6.45) is 6.62. The second kappa shape index (κ2) is 7.07. The fourth-order valence-corrected chi connectivity index (χ4v) is 2.69. The highest BCUT2D eigenvalue weighted by molar-refractivity contribution is 5.82. The molecular weight excluding hydrogens is 254 g/mol. The Hall–Kier alpha value is -1.10. The van der Waals surface area contributed by atoms with Gasteiger partial charge in [0.1, 0.15) is 0 Å². The summed E-state index contributed by atoms with van der Waals surface area (Å²) >= 11 is 0. The minimum absolute atomic E-state index is 0.0745. The van der Waals surface area contributed by atoms with Gasteiger partial charge in [0.15, 0.2) is 0 Å². The molecule has 1 heterocycles. The third-order valence-electron chi connectivity index (χ3n) is 4.29. The van der Waals surface area contributed by atoms with E-state index in [1.54, 1.807) is 0 Å². The molecule has 1 aliphatic heterocycles. The van der Waals surface area contributed by atoms with Crippen molar-refractivity contribution in [3.8, 4) is 0 Å². The second-order valence-electron chi connectivity index (χ2n) is 6.13. The van der Waals surface area contributed by atoms with Gasteiger partial charge in [0.25, 0.3) is 0 Å². The summed E-state index contributed by atoms with van der Waals surface area (Å²) in [6, 6.07) is -0.119. The van der Waals surface area contributed by atoms with Gasteiger partial charge in [-0.3, -0.25) is 9.59 Å². The van der Waals surface area contributed by atoms with Gasteiger partial charge >= 0.3 is 0 Å². The van der Waals surface area contributed by atoms with E-state index in [0.717, 1.165) is 44.9 Å². The van der Waals surface area contributed by atoms with Crippen LogP contribution in [0.15, 0.2) is 0 Å². The fraction of sp³-hybridized carbons (Fsp3) is 0.867. The molecule has 1 aliphatic carbocycles. The zero-order valence-electron chi connectivity index (χ0n) is 12.4. The van der Waals surface area contributed by atoms with Crippen molar-refractivity contribution in [2.75, 3.05) is 13.1 Å². The molecule has 0 radical (unpaired) electrons. The van der Waals surface area contributed by atoms with Crippen LogP contribution in [0.2, 0.25) is 0 Å². The van der Waals surface area contributed by atoms with Crippen molar-refractivity contribution in [1.29, 1.82) is 0 Å². The Morgan fingerprint density at radius 1 is 1.25 bits per heavy atom. The Morgan fingerprint density at radius 3 is 2.45 bits per heavy atom. The summed E-state index contributed by atoms with van der Waals surface area (Å²) in [6.45, 7) is 3.54. The normalized spacial score (nSPS) is 21.6. The first-order chi connectivity index (χ1) is 9.61. The maximum atomic E-state index is 12.2. The Morgan fingerprint density at radius 2 is 1.90 bits per heavy atom. The number of carbonyl (C=O) groups is 2. The van der Waals surface area contributed by atoms with E-state index in [-0.39, 0.29) is 29.8 Å². The standard InChI is InChI=1S/C15H27N3O2/c1-2-3-4-13(16)15(20)18-9-7-12(8-10-18)17-14(19)11-5-6-11/h11-13H,2-10,16H2,1H3,(H,17,19). The Labute approximate surface area is 121 Å². The zero-order valence-corrected chi connectivity index (χ0v) is 12.4. The summed E-state index contributed by atoms with van der Waals surface area (Å²) in [5.41, 5.74) is 5.94. The molecule has 0 aromatic rings. The van der Waals surface area contributed by atoms with E-state index >= 15 is 0 Å². The summed E-state index contributed by atoms with van der Waals surface area (Å²) in [7, 11) is 0. The van der Waals surface area contributed by atoms with E-state index in [9.17, 15) is 9.59 Å². The predicted molar refractivity (Wildman–Crippen MR) is 78.0 cm³/mol. The lowest BCUT2D eigenvalue weighted by Gasteiger charge is -2.34. The number of unbranched alkanes of at least 4 members (excludes halogenated alkanes) is 1. The molecule has 5 nitrogen and oxygen atoms in total. The largest absolute Gasteiger partial charge is 0.353 e.